The van der Waals surface area contributed by atoms with Crippen LogP contribution in [0.2, 0.25) is 0 Å². The highest BCUT2D eigenvalue weighted by Crippen LogP contribution is 2.39. The normalized spacial score (nSPS) is 9.96. The lowest BCUT2D eigenvalue weighted by molar-refractivity contribution is 0.418. The van der Waals surface area contributed by atoms with Gasteiger partial charge in [0.1, 0.15) is 11.5 Å². The summed E-state index contributed by atoms with van der Waals surface area (Å²) < 4.78 is 11.6. The Morgan fingerprint density at radius 1 is 0.875 bits per heavy atom. The average molecular weight is 318 g/mol. The number of nitrogens with zero attached hydrogens (tertiary/aromatic N) is 2. The lowest BCUT2D eigenvalue weighted by Crippen LogP contribution is -1.98. The van der Waals surface area contributed by atoms with Gasteiger partial charge in [0.15, 0.2) is 11.5 Å². The Morgan fingerprint density at radius 3 is 2.04 bits per heavy atom. The zero-order valence-electron chi connectivity index (χ0n) is 12.6. The van der Waals surface area contributed by atoms with Gasteiger partial charge in [0.2, 0.25) is 0 Å². The molecule has 0 aliphatic rings. The second-order valence-electron chi connectivity index (χ2n) is 4.96. The third kappa shape index (κ3) is 3.36. The molecule has 3 rings (SSSR count). The number of nitrogen functional groups attached to an aromatic ring is 2. The monoisotopic (exact) mass is 318 g/mol. The molecule has 2 aromatic carbocycles. The van der Waals surface area contributed by atoms with Crippen LogP contribution in [0.3, 0.4) is 0 Å². The van der Waals surface area contributed by atoms with Crippen LogP contribution >= 0.6 is 0 Å². The number of nitrogens with two attached hydrogens (primary N) is 2. The van der Waals surface area contributed by atoms with Crippen LogP contribution in [-0.2, 0) is 0 Å². The van der Waals surface area contributed by atoms with Crippen LogP contribution in [0, 0.1) is 11.3 Å². The van der Waals surface area contributed by atoms with Crippen LogP contribution in [0.5, 0.6) is 23.0 Å². The first-order chi connectivity index (χ1) is 11.7. The smallest absolute Gasteiger partial charge is 0.172 e. The molecule has 118 valence electrons. The lowest BCUT2D eigenvalue weighted by Gasteiger charge is -2.14. The summed E-state index contributed by atoms with van der Waals surface area (Å²) in [4.78, 5) is 4.00. The zero-order chi connectivity index (χ0) is 16.9. The van der Waals surface area contributed by atoms with E-state index in [1.807, 2.05) is 0 Å². The predicted octanol–water partition coefficient (Wildman–Crippen LogP) is 3.70. The third-order valence-electron chi connectivity index (χ3n) is 3.22. The summed E-state index contributed by atoms with van der Waals surface area (Å²) in [5, 5.41) is 8.85. The maximum atomic E-state index is 8.85. The van der Waals surface area contributed by atoms with Crippen molar-refractivity contribution in [1.29, 1.82) is 5.26 Å². The summed E-state index contributed by atoms with van der Waals surface area (Å²) in [5.74, 6) is 1.93. The first kappa shape index (κ1) is 15.2. The third-order valence-corrected chi connectivity index (χ3v) is 3.22. The molecule has 0 aliphatic heterocycles. The molecule has 6 heteroatoms. The van der Waals surface area contributed by atoms with Gasteiger partial charge in [0, 0.05) is 18.3 Å². The molecule has 6 nitrogen and oxygen atoms in total. The second-order valence-corrected chi connectivity index (χ2v) is 4.96. The van der Waals surface area contributed by atoms with E-state index in [2.05, 4.69) is 11.1 Å². The fourth-order valence-electron chi connectivity index (χ4n) is 2.01. The van der Waals surface area contributed by atoms with Gasteiger partial charge in [-0.25, -0.2) is 0 Å². The van der Waals surface area contributed by atoms with Crippen LogP contribution in [0.4, 0.5) is 11.4 Å². The number of ether oxygens (including phenoxy) is 2. The quantitative estimate of drug-likeness (QED) is 0.710. The molecular formula is C18H14N4O2. The van der Waals surface area contributed by atoms with E-state index in [9.17, 15) is 0 Å². The van der Waals surface area contributed by atoms with E-state index in [1.54, 1.807) is 60.9 Å². The molecule has 0 aliphatic carbocycles. The van der Waals surface area contributed by atoms with Crippen LogP contribution in [0.1, 0.15) is 5.56 Å². The van der Waals surface area contributed by atoms with Gasteiger partial charge in [-0.15, -0.1) is 0 Å². The van der Waals surface area contributed by atoms with Gasteiger partial charge in [0.05, 0.1) is 29.2 Å². The number of benzene rings is 2. The number of aromatic nitrogens is 1. The molecule has 0 fully saturated rings. The molecule has 0 unspecified atom stereocenters. The molecule has 4 N–H and O–H groups in total. The Labute approximate surface area is 138 Å². The largest absolute Gasteiger partial charge is 0.453 e. The molecule has 1 aromatic heterocycles. The van der Waals surface area contributed by atoms with Crippen molar-refractivity contribution >= 4 is 11.4 Å². The zero-order valence-corrected chi connectivity index (χ0v) is 12.6. The van der Waals surface area contributed by atoms with E-state index in [0.717, 1.165) is 0 Å². The Bertz CT molecular complexity index is 887. The Balaban J connectivity index is 1.93. The van der Waals surface area contributed by atoms with E-state index in [1.165, 1.54) is 0 Å². The van der Waals surface area contributed by atoms with Gasteiger partial charge < -0.3 is 20.9 Å². The number of pyridine rings is 1. The second kappa shape index (κ2) is 6.58. The molecule has 0 bridgehead atoms. The highest BCUT2D eigenvalue weighted by Gasteiger charge is 2.11. The minimum Gasteiger partial charge on any atom is -0.453 e. The number of nitriles is 1. The lowest BCUT2D eigenvalue weighted by atomic mass is 10.2. The summed E-state index contributed by atoms with van der Waals surface area (Å²) in [6.45, 7) is 0. The molecule has 0 radical (unpaired) electrons. The van der Waals surface area contributed by atoms with Crippen molar-refractivity contribution in [3.05, 3.63) is 66.5 Å². The SMILES string of the molecule is N#Cc1ccc(Oc2cc(N)c(N)cc2Oc2cccnc2)cc1. The molecule has 0 saturated carbocycles. The fraction of sp³-hybridized carbons (Fsp3) is 0. The van der Waals surface area contributed by atoms with Crippen molar-refractivity contribution in [3.8, 4) is 29.1 Å². The molecule has 1 heterocycles. The minimum atomic E-state index is 0.386. The van der Waals surface area contributed by atoms with Gasteiger partial charge in [0.25, 0.3) is 0 Å². The molecule has 0 atom stereocenters. The Kier molecular flexibility index (Phi) is 4.17. The van der Waals surface area contributed by atoms with E-state index in [-0.39, 0.29) is 0 Å². The van der Waals surface area contributed by atoms with Crippen molar-refractivity contribution in [2.24, 2.45) is 0 Å². The summed E-state index contributed by atoms with van der Waals surface area (Å²) in [5.41, 5.74) is 13.1. The van der Waals surface area contributed by atoms with Crippen molar-refractivity contribution in [1.82, 2.24) is 4.98 Å². The topological polar surface area (TPSA) is 107 Å². The van der Waals surface area contributed by atoms with Crippen molar-refractivity contribution in [2.75, 3.05) is 11.5 Å². The molecule has 0 saturated heterocycles. The van der Waals surface area contributed by atoms with Crippen LogP contribution in [0.25, 0.3) is 0 Å². The van der Waals surface area contributed by atoms with Gasteiger partial charge in [-0.05, 0) is 36.4 Å². The first-order valence-electron chi connectivity index (χ1n) is 7.10. The highest BCUT2D eigenvalue weighted by molar-refractivity contribution is 5.70. The number of rotatable bonds is 4. The van der Waals surface area contributed by atoms with Crippen molar-refractivity contribution < 1.29 is 9.47 Å². The summed E-state index contributed by atoms with van der Waals surface area (Å²) in [6, 6.07) is 15.5. The van der Waals surface area contributed by atoms with Crippen LogP contribution in [0.15, 0.2) is 60.9 Å². The van der Waals surface area contributed by atoms with E-state index in [4.69, 9.17) is 26.2 Å². The van der Waals surface area contributed by atoms with Gasteiger partial charge in [-0.2, -0.15) is 5.26 Å². The van der Waals surface area contributed by atoms with E-state index in [0.29, 0.717) is 39.9 Å². The molecular weight excluding hydrogens is 304 g/mol. The van der Waals surface area contributed by atoms with Crippen molar-refractivity contribution in [3.63, 3.8) is 0 Å². The van der Waals surface area contributed by atoms with Gasteiger partial charge in [-0.3, -0.25) is 4.98 Å². The maximum Gasteiger partial charge on any atom is 0.172 e. The van der Waals surface area contributed by atoms with Gasteiger partial charge >= 0.3 is 0 Å². The van der Waals surface area contributed by atoms with Crippen LogP contribution in [-0.4, -0.2) is 4.98 Å². The first-order valence-corrected chi connectivity index (χ1v) is 7.10. The average Bonchev–Trinajstić information content (AvgIpc) is 2.61. The Hall–Kier alpha value is -3.72. The summed E-state index contributed by atoms with van der Waals surface area (Å²) in [6.07, 6.45) is 3.23. The highest BCUT2D eigenvalue weighted by atomic mass is 16.5. The molecule has 3 aromatic rings. The minimum absolute atomic E-state index is 0.386. The van der Waals surface area contributed by atoms with E-state index < -0.39 is 0 Å². The molecule has 0 amide bonds. The number of anilines is 2. The molecule has 0 spiro atoms. The number of hydrogen-bond donors (Lipinski definition) is 2. The standard InChI is InChI=1S/C18H14N4O2/c19-10-12-3-5-13(6-4-12)23-17-8-15(20)16(21)9-18(17)24-14-2-1-7-22-11-14/h1-9,11H,20-21H2. The van der Waals surface area contributed by atoms with Crippen molar-refractivity contribution in [2.45, 2.75) is 0 Å². The summed E-state index contributed by atoms with van der Waals surface area (Å²) >= 11 is 0. The van der Waals surface area contributed by atoms with Gasteiger partial charge in [-0.1, -0.05) is 0 Å². The van der Waals surface area contributed by atoms with Crippen LogP contribution < -0.4 is 20.9 Å². The fourth-order valence-corrected chi connectivity index (χ4v) is 2.01. The predicted molar refractivity (Wildman–Crippen MR) is 90.8 cm³/mol. The molecule has 24 heavy (non-hydrogen) atoms. The maximum absolute atomic E-state index is 8.85. The summed E-state index contributed by atoms with van der Waals surface area (Å²) in [7, 11) is 0. The number of hydrogen-bond acceptors (Lipinski definition) is 6. The van der Waals surface area contributed by atoms with E-state index >= 15 is 0 Å². The Morgan fingerprint density at radius 2 is 1.50 bits per heavy atom.